The number of carbonyl (C=O) groups excluding carboxylic acids is 1. The van der Waals surface area contributed by atoms with Crippen LogP contribution in [0.2, 0.25) is 0 Å². The van der Waals surface area contributed by atoms with Gasteiger partial charge in [0.25, 0.3) is 0 Å². The molecule has 5 nitrogen and oxygen atoms in total. The number of ether oxygens (including phenoxy) is 1. The Morgan fingerprint density at radius 1 is 1.30 bits per heavy atom. The highest BCUT2D eigenvalue weighted by Gasteiger charge is 2.20. The summed E-state index contributed by atoms with van der Waals surface area (Å²) in [6, 6.07) is 6.35. The van der Waals surface area contributed by atoms with Crippen LogP contribution in [0.25, 0.3) is 0 Å². The average Bonchev–Trinajstić information content (AvgIpc) is 2.51. The Morgan fingerprint density at radius 3 is 2.61 bits per heavy atom. The summed E-state index contributed by atoms with van der Waals surface area (Å²) in [5, 5.41) is 0. The van der Waals surface area contributed by atoms with Crippen LogP contribution in [0, 0.1) is 5.92 Å². The molecule has 0 radical (unpaired) electrons. The molecule has 0 bridgehead atoms. The van der Waals surface area contributed by atoms with Gasteiger partial charge in [0.2, 0.25) is 5.91 Å². The molecular weight excluding hydrogens is 314 g/mol. The maximum atomic E-state index is 12.1. The first-order valence-corrected chi connectivity index (χ1v) is 9.96. The third kappa shape index (κ3) is 5.53. The summed E-state index contributed by atoms with van der Waals surface area (Å²) in [6.07, 6.45) is 4.63. The van der Waals surface area contributed by atoms with Crippen LogP contribution in [-0.2, 0) is 14.6 Å². The summed E-state index contributed by atoms with van der Waals surface area (Å²) in [7, 11) is -3.18. The quantitative estimate of drug-likeness (QED) is 0.747. The molecule has 0 aromatic heterocycles. The molecule has 1 unspecified atom stereocenters. The zero-order chi connectivity index (χ0) is 16.9. The predicted molar refractivity (Wildman–Crippen MR) is 89.3 cm³/mol. The molecular formula is C17H25NO4S. The summed E-state index contributed by atoms with van der Waals surface area (Å²) in [6.45, 7) is 4.37. The standard InChI is InChI=1S/C17H25NO4S/c1-14-5-3-11-18(13-14)17(19)6-4-12-22-15-7-9-16(10-8-15)23(2,20)21/h7-10,14H,3-6,11-13H2,1-2H3. The van der Waals surface area contributed by atoms with Gasteiger partial charge in [-0.05, 0) is 49.4 Å². The van der Waals surface area contributed by atoms with E-state index in [9.17, 15) is 13.2 Å². The SMILES string of the molecule is CC1CCCN(C(=O)CCCOc2ccc(S(C)(=O)=O)cc2)C1. The highest BCUT2D eigenvalue weighted by atomic mass is 32.2. The molecule has 0 spiro atoms. The summed E-state index contributed by atoms with van der Waals surface area (Å²) >= 11 is 0. The summed E-state index contributed by atoms with van der Waals surface area (Å²) in [5.74, 6) is 1.42. The van der Waals surface area contributed by atoms with Crippen molar-refractivity contribution < 1.29 is 17.9 Å². The van der Waals surface area contributed by atoms with E-state index < -0.39 is 9.84 Å². The molecule has 0 saturated carbocycles. The number of benzene rings is 1. The Hall–Kier alpha value is -1.56. The van der Waals surface area contributed by atoms with Gasteiger partial charge in [-0.15, -0.1) is 0 Å². The van der Waals surface area contributed by atoms with Gasteiger partial charge in [-0.1, -0.05) is 6.92 Å². The zero-order valence-electron chi connectivity index (χ0n) is 13.8. The Balaban J connectivity index is 1.72. The third-order valence-corrected chi connectivity index (χ3v) is 5.19. The minimum absolute atomic E-state index is 0.201. The molecule has 1 amide bonds. The molecule has 1 aliphatic heterocycles. The lowest BCUT2D eigenvalue weighted by atomic mass is 10.00. The highest BCUT2D eigenvalue weighted by Crippen LogP contribution is 2.18. The molecule has 2 rings (SSSR count). The van der Waals surface area contributed by atoms with Crippen molar-refractivity contribution in [2.75, 3.05) is 26.0 Å². The van der Waals surface area contributed by atoms with E-state index in [2.05, 4.69) is 6.92 Å². The van der Waals surface area contributed by atoms with Crippen molar-refractivity contribution in [3.63, 3.8) is 0 Å². The molecule has 1 aromatic rings. The van der Waals surface area contributed by atoms with Crippen molar-refractivity contribution in [2.24, 2.45) is 5.92 Å². The Kier molecular flexibility index (Phi) is 6.04. The van der Waals surface area contributed by atoms with Gasteiger partial charge in [0.15, 0.2) is 9.84 Å². The van der Waals surface area contributed by atoms with Crippen LogP contribution in [0.5, 0.6) is 5.75 Å². The lowest BCUT2D eigenvalue weighted by Gasteiger charge is -2.31. The second kappa shape index (κ2) is 7.81. The molecule has 1 aliphatic rings. The van der Waals surface area contributed by atoms with Crippen molar-refractivity contribution in [2.45, 2.75) is 37.5 Å². The van der Waals surface area contributed by atoms with E-state index in [0.29, 0.717) is 31.1 Å². The number of sulfone groups is 1. The van der Waals surface area contributed by atoms with E-state index >= 15 is 0 Å². The van der Waals surface area contributed by atoms with E-state index in [1.807, 2.05) is 4.90 Å². The number of nitrogens with zero attached hydrogens (tertiary/aromatic N) is 1. The number of hydrogen-bond acceptors (Lipinski definition) is 4. The lowest BCUT2D eigenvalue weighted by Crippen LogP contribution is -2.39. The van der Waals surface area contributed by atoms with Gasteiger partial charge in [0.1, 0.15) is 5.75 Å². The monoisotopic (exact) mass is 339 g/mol. The van der Waals surface area contributed by atoms with Crippen LogP contribution in [0.1, 0.15) is 32.6 Å². The third-order valence-electron chi connectivity index (χ3n) is 4.07. The van der Waals surface area contributed by atoms with E-state index in [0.717, 1.165) is 19.5 Å². The summed E-state index contributed by atoms with van der Waals surface area (Å²) in [5.41, 5.74) is 0. The molecule has 23 heavy (non-hydrogen) atoms. The van der Waals surface area contributed by atoms with E-state index in [1.165, 1.54) is 24.8 Å². The normalized spacial score (nSPS) is 18.7. The fourth-order valence-electron chi connectivity index (χ4n) is 2.77. The molecule has 1 fully saturated rings. The van der Waals surface area contributed by atoms with Crippen LogP contribution in [0.3, 0.4) is 0 Å². The van der Waals surface area contributed by atoms with Gasteiger partial charge in [-0.2, -0.15) is 0 Å². The topological polar surface area (TPSA) is 63.7 Å². The molecule has 1 aromatic carbocycles. The molecule has 0 aliphatic carbocycles. The molecule has 1 heterocycles. The van der Waals surface area contributed by atoms with Gasteiger partial charge in [-0.25, -0.2) is 8.42 Å². The van der Waals surface area contributed by atoms with Crippen LogP contribution in [0.15, 0.2) is 29.2 Å². The average molecular weight is 339 g/mol. The minimum atomic E-state index is -3.18. The predicted octanol–water partition coefficient (Wildman–Crippen LogP) is 2.51. The molecule has 128 valence electrons. The second-order valence-corrected chi connectivity index (χ2v) is 8.30. The van der Waals surface area contributed by atoms with E-state index in [1.54, 1.807) is 12.1 Å². The van der Waals surface area contributed by atoms with Gasteiger partial charge in [0.05, 0.1) is 11.5 Å². The largest absolute Gasteiger partial charge is 0.494 e. The first kappa shape index (κ1) is 17.8. The molecule has 6 heteroatoms. The van der Waals surface area contributed by atoms with Crippen molar-refractivity contribution in [3.05, 3.63) is 24.3 Å². The lowest BCUT2D eigenvalue weighted by molar-refractivity contribution is -0.133. The summed E-state index contributed by atoms with van der Waals surface area (Å²) in [4.78, 5) is 14.3. The summed E-state index contributed by atoms with van der Waals surface area (Å²) < 4.78 is 28.3. The number of hydrogen-bond donors (Lipinski definition) is 0. The fourth-order valence-corrected chi connectivity index (χ4v) is 3.40. The smallest absolute Gasteiger partial charge is 0.222 e. The highest BCUT2D eigenvalue weighted by molar-refractivity contribution is 7.90. The first-order valence-electron chi connectivity index (χ1n) is 8.07. The molecule has 1 saturated heterocycles. The van der Waals surface area contributed by atoms with Crippen molar-refractivity contribution in [3.8, 4) is 5.75 Å². The van der Waals surface area contributed by atoms with Crippen molar-refractivity contribution >= 4 is 15.7 Å². The first-order chi connectivity index (χ1) is 10.9. The maximum Gasteiger partial charge on any atom is 0.222 e. The van der Waals surface area contributed by atoms with E-state index in [-0.39, 0.29) is 10.8 Å². The number of amides is 1. The molecule has 0 N–H and O–H groups in total. The second-order valence-electron chi connectivity index (χ2n) is 6.28. The maximum absolute atomic E-state index is 12.1. The number of carbonyl (C=O) groups is 1. The Bertz CT molecular complexity index is 624. The number of likely N-dealkylation sites (tertiary alicyclic amines) is 1. The Labute approximate surface area is 138 Å². The van der Waals surface area contributed by atoms with Gasteiger partial charge >= 0.3 is 0 Å². The van der Waals surface area contributed by atoms with Gasteiger partial charge in [0, 0.05) is 25.8 Å². The van der Waals surface area contributed by atoms with Crippen LogP contribution < -0.4 is 4.74 Å². The number of piperidine rings is 1. The number of rotatable bonds is 6. The fraction of sp³-hybridized carbons (Fsp3) is 0.588. The van der Waals surface area contributed by atoms with Gasteiger partial charge in [-0.3, -0.25) is 4.79 Å². The van der Waals surface area contributed by atoms with Crippen LogP contribution in [-0.4, -0.2) is 45.2 Å². The van der Waals surface area contributed by atoms with Crippen molar-refractivity contribution in [1.29, 1.82) is 0 Å². The van der Waals surface area contributed by atoms with E-state index in [4.69, 9.17) is 4.74 Å². The van der Waals surface area contributed by atoms with Crippen LogP contribution >= 0.6 is 0 Å². The van der Waals surface area contributed by atoms with Gasteiger partial charge < -0.3 is 9.64 Å². The van der Waals surface area contributed by atoms with Crippen LogP contribution in [0.4, 0.5) is 0 Å². The molecule has 1 atom stereocenters. The Morgan fingerprint density at radius 2 is 2.00 bits per heavy atom. The minimum Gasteiger partial charge on any atom is -0.494 e. The van der Waals surface area contributed by atoms with Crippen molar-refractivity contribution in [1.82, 2.24) is 4.90 Å². The zero-order valence-corrected chi connectivity index (χ0v) is 14.6.